The average molecular weight is 399 g/mol. The van der Waals surface area contributed by atoms with Crippen molar-refractivity contribution in [3.05, 3.63) is 0 Å². The third-order valence-corrected chi connectivity index (χ3v) is 0. The third kappa shape index (κ3) is 25.8. The molecule has 0 amide bonds. The molecule has 5 heavy (non-hydrogen) atoms. The van der Waals surface area contributed by atoms with E-state index < -0.39 is 0 Å². The average Bonchev–Trinajstić information content (AvgIpc) is 1.50. The molecular formula is Br2O2Pb. The molecule has 0 saturated carbocycles. The number of halogens is 2. The van der Waals surface area contributed by atoms with E-state index in [2.05, 4.69) is 0 Å². The number of hydrogen-bond acceptors (Lipinski definition) is 2. The quantitative estimate of drug-likeness (QED) is 0.488. The normalized spacial score (nSPS) is 2.40. The molecular weight excluding hydrogens is 399 g/mol. The molecule has 2 nitrogen and oxygen atoms in total. The topological polar surface area (TPSA) is 46.1 Å². The van der Waals surface area contributed by atoms with Gasteiger partial charge in [0.15, 0.2) is 0 Å². The molecule has 0 bridgehead atoms. The Morgan fingerprint density at radius 2 is 0.800 bits per heavy atom. The molecule has 0 rings (SSSR count). The Balaban J connectivity index is -0.0000000133. The van der Waals surface area contributed by atoms with E-state index in [0.717, 1.165) is 0 Å². The Morgan fingerprint density at radius 1 is 0.800 bits per heavy atom. The van der Waals surface area contributed by atoms with E-state index in [1.165, 1.54) is 0 Å². The van der Waals surface area contributed by atoms with Gasteiger partial charge >= 0.3 is 27.3 Å². The van der Waals surface area contributed by atoms with E-state index in [4.69, 9.17) is 8.40 Å². The summed E-state index contributed by atoms with van der Waals surface area (Å²) in [6, 6.07) is 0. The molecule has 30 valence electrons. The summed E-state index contributed by atoms with van der Waals surface area (Å²) in [4.78, 5) is 0. The van der Waals surface area contributed by atoms with E-state index in [9.17, 15) is 0 Å². The fourth-order valence-electron chi connectivity index (χ4n) is 0. The van der Waals surface area contributed by atoms with Crippen molar-refractivity contribution in [3.8, 4) is 0 Å². The Morgan fingerprint density at radius 3 is 0.800 bits per heavy atom. The van der Waals surface area contributed by atoms with Crippen LogP contribution >= 0.6 is 32.5 Å². The van der Waals surface area contributed by atoms with Crippen LogP contribution in [0.25, 0.3) is 0 Å². The van der Waals surface area contributed by atoms with E-state index >= 15 is 0 Å². The van der Waals surface area contributed by atoms with Crippen LogP contribution in [0.2, 0.25) is 0 Å². The van der Waals surface area contributed by atoms with Gasteiger partial charge in [-0.2, -0.15) is 0 Å². The Labute approximate surface area is 67.6 Å². The van der Waals surface area contributed by atoms with Crippen LogP contribution in [0, 0.1) is 0 Å². The van der Waals surface area contributed by atoms with Crippen molar-refractivity contribution in [1.82, 2.24) is 0 Å². The van der Waals surface area contributed by atoms with Crippen LogP contribution in [0.5, 0.6) is 0 Å². The van der Waals surface area contributed by atoms with Gasteiger partial charge in [-0.15, -0.1) is 0 Å². The van der Waals surface area contributed by atoms with Gasteiger partial charge in [0.2, 0.25) is 0 Å². The maximum absolute atomic E-state index is 8.06. The van der Waals surface area contributed by atoms with Gasteiger partial charge in [-0.05, 0) is 0 Å². The van der Waals surface area contributed by atoms with Gasteiger partial charge in [0, 0.05) is 0 Å². The predicted molar refractivity (Wildman–Crippen MR) is 23.6 cm³/mol. The molecule has 0 aliphatic heterocycles. The van der Waals surface area contributed by atoms with Crippen LogP contribution in [-0.2, 0) is 0 Å². The van der Waals surface area contributed by atoms with Gasteiger partial charge in [0.05, 0.1) is 0 Å². The summed E-state index contributed by atoms with van der Waals surface area (Å²) in [5, 5.41) is 0. The monoisotopic (exact) mass is 398 g/mol. The summed E-state index contributed by atoms with van der Waals surface area (Å²) in [6.07, 6.45) is 0. The minimum absolute atomic E-state index is 0. The van der Waals surface area contributed by atoms with Crippen LogP contribution in [0.15, 0.2) is 0 Å². The molecule has 0 N–H and O–H groups in total. The Hall–Kier alpha value is 1.80. The third-order valence-electron chi connectivity index (χ3n) is 0. The van der Waals surface area contributed by atoms with E-state index in [1.807, 2.05) is 0 Å². The van der Waals surface area contributed by atoms with Crippen LogP contribution in [0.4, 0.5) is 0 Å². The second kappa shape index (κ2) is 41.2. The molecule has 0 unspecified atom stereocenters. The molecule has 0 aromatic rings. The van der Waals surface area contributed by atoms with Crippen molar-refractivity contribution >= 4 is 59.8 Å². The van der Waals surface area contributed by atoms with Gasteiger partial charge < -0.3 is 8.40 Å². The number of hydrogen-bond donors (Lipinski definition) is 0. The van der Waals surface area contributed by atoms with Crippen LogP contribution in [-0.4, -0.2) is 27.3 Å². The van der Waals surface area contributed by atoms with Crippen molar-refractivity contribution in [2.24, 2.45) is 0 Å². The molecule has 0 fully saturated rings. The van der Waals surface area contributed by atoms with Gasteiger partial charge in [-0.25, -0.2) is 32.5 Å². The Kier molecular flexibility index (Phi) is 131. The fraction of sp³-hybridized carbons (Fsp3) is 0. The van der Waals surface area contributed by atoms with Crippen LogP contribution in [0.3, 0.4) is 0 Å². The van der Waals surface area contributed by atoms with Gasteiger partial charge in [-0.3, -0.25) is 0 Å². The molecule has 2 radical (unpaired) electrons. The van der Waals surface area contributed by atoms with Crippen molar-refractivity contribution in [2.75, 3.05) is 0 Å². The molecule has 0 aromatic carbocycles. The van der Waals surface area contributed by atoms with Gasteiger partial charge in [0.25, 0.3) is 0 Å². The molecule has 0 aromatic heterocycles. The minimum Gasteiger partial charge on any atom is -0.791 e. The van der Waals surface area contributed by atoms with Gasteiger partial charge in [0.1, 0.15) is 0 Å². The SMILES string of the molecule is [O-]Br.[O-]Br.[Pb+2]. The van der Waals surface area contributed by atoms with E-state index in [0.29, 0.717) is 0 Å². The van der Waals surface area contributed by atoms with E-state index in [1.54, 1.807) is 32.5 Å². The van der Waals surface area contributed by atoms with Crippen LogP contribution in [0.1, 0.15) is 0 Å². The summed E-state index contributed by atoms with van der Waals surface area (Å²) in [7, 11) is 0. The molecule has 0 aliphatic carbocycles. The maximum Gasteiger partial charge on any atom is 2.00 e. The molecule has 0 saturated heterocycles. The molecule has 0 spiro atoms. The van der Waals surface area contributed by atoms with Gasteiger partial charge in [-0.1, -0.05) is 0 Å². The molecule has 5 heteroatoms. The zero-order valence-electron chi connectivity index (χ0n) is 2.07. The predicted octanol–water partition coefficient (Wildman–Crippen LogP) is -1.07. The van der Waals surface area contributed by atoms with Crippen molar-refractivity contribution in [3.63, 3.8) is 0 Å². The molecule has 0 heterocycles. The summed E-state index contributed by atoms with van der Waals surface area (Å²) in [5.74, 6) is 0. The van der Waals surface area contributed by atoms with Crippen molar-refractivity contribution in [2.45, 2.75) is 0 Å². The number of rotatable bonds is 0. The summed E-state index contributed by atoms with van der Waals surface area (Å²) in [5.41, 5.74) is 0. The Bertz CT molecular complexity index is 7.61. The second-order valence-electron chi connectivity index (χ2n) is 0. The first-order valence-corrected chi connectivity index (χ1v) is 1.60. The first-order valence-electron chi connectivity index (χ1n) is 0.309. The minimum atomic E-state index is 0. The summed E-state index contributed by atoms with van der Waals surface area (Å²) in [6.45, 7) is 0. The smallest absolute Gasteiger partial charge is 0.791 e. The van der Waals surface area contributed by atoms with Crippen LogP contribution < -0.4 is 8.40 Å². The first-order chi connectivity index (χ1) is 2.00. The van der Waals surface area contributed by atoms with Crippen molar-refractivity contribution < 1.29 is 8.40 Å². The van der Waals surface area contributed by atoms with Crippen molar-refractivity contribution in [1.29, 1.82) is 0 Å². The molecule has 0 aliphatic rings. The fourth-order valence-corrected chi connectivity index (χ4v) is 0. The largest absolute Gasteiger partial charge is 2.00 e. The molecule has 0 atom stereocenters. The zero-order chi connectivity index (χ0) is 4.00. The maximum atomic E-state index is 8.06. The zero-order valence-corrected chi connectivity index (χ0v) is 9.13. The summed E-state index contributed by atoms with van der Waals surface area (Å²) < 4.78 is 16.1. The second-order valence-corrected chi connectivity index (χ2v) is 0. The summed E-state index contributed by atoms with van der Waals surface area (Å²) >= 11 is 3.38. The van der Waals surface area contributed by atoms with E-state index in [-0.39, 0.29) is 27.3 Å². The standard InChI is InChI=1S/2BrO.Pb/c2*1-2;/q2*-1;+2. The first kappa shape index (κ1) is 15.8.